The van der Waals surface area contributed by atoms with Gasteiger partial charge in [0.15, 0.2) is 0 Å². The molecule has 1 fully saturated rings. The van der Waals surface area contributed by atoms with Crippen LogP contribution in [0.1, 0.15) is 6.42 Å². The molecule has 96 valence electrons. The zero-order valence-electron chi connectivity index (χ0n) is 10.4. The monoisotopic (exact) mass is 247 g/mol. The summed E-state index contributed by atoms with van der Waals surface area (Å²) in [5, 5.41) is 3.32. The lowest BCUT2D eigenvalue weighted by molar-refractivity contribution is 0.419. The smallest absolute Gasteiger partial charge is 0.326 e. The Kier molecular flexibility index (Phi) is 2.83. The maximum absolute atomic E-state index is 12.0. The summed E-state index contributed by atoms with van der Waals surface area (Å²) in [4.78, 5) is 14.9. The fourth-order valence-electron chi connectivity index (χ4n) is 2.63. The van der Waals surface area contributed by atoms with E-state index in [0.717, 1.165) is 37.1 Å². The van der Waals surface area contributed by atoms with Crippen LogP contribution in [0, 0.1) is 5.92 Å². The molecule has 1 aromatic heterocycles. The van der Waals surface area contributed by atoms with Crippen molar-refractivity contribution in [1.29, 1.82) is 0 Å². The van der Waals surface area contributed by atoms with Crippen molar-refractivity contribution in [2.24, 2.45) is 5.92 Å². The molecule has 1 aliphatic heterocycles. The predicted octanol–water partition coefficient (Wildman–Crippen LogP) is 0.948. The van der Waals surface area contributed by atoms with Gasteiger partial charge in [0, 0.05) is 6.54 Å². The number of nitrogens with one attached hydrogen (secondary N) is 2. The topological polar surface area (TPSA) is 59.1 Å². The van der Waals surface area contributed by atoms with Crippen molar-refractivity contribution in [1.82, 2.24) is 14.9 Å². The zero-order valence-corrected chi connectivity index (χ0v) is 10.4. The molecule has 0 aliphatic carbocycles. The van der Waals surface area contributed by atoms with Crippen LogP contribution in [0.5, 0.6) is 5.75 Å². The molecule has 0 spiro atoms. The molecule has 1 saturated heterocycles. The predicted molar refractivity (Wildman–Crippen MR) is 70.1 cm³/mol. The van der Waals surface area contributed by atoms with E-state index in [1.165, 1.54) is 0 Å². The van der Waals surface area contributed by atoms with E-state index in [2.05, 4.69) is 10.3 Å². The number of fused-ring (bicyclic) bond motifs is 1. The van der Waals surface area contributed by atoms with Gasteiger partial charge < -0.3 is 15.0 Å². The molecule has 1 aliphatic rings. The van der Waals surface area contributed by atoms with Crippen LogP contribution >= 0.6 is 0 Å². The Bertz CT molecular complexity index is 608. The Morgan fingerprint density at radius 3 is 3.11 bits per heavy atom. The summed E-state index contributed by atoms with van der Waals surface area (Å²) in [5.41, 5.74) is 1.66. The van der Waals surface area contributed by atoms with E-state index >= 15 is 0 Å². The Hall–Kier alpha value is -1.75. The van der Waals surface area contributed by atoms with Crippen LogP contribution in [-0.4, -0.2) is 29.8 Å². The van der Waals surface area contributed by atoms with Gasteiger partial charge in [-0.05, 0) is 37.6 Å². The highest BCUT2D eigenvalue weighted by Gasteiger charge is 2.18. The minimum Gasteiger partial charge on any atom is -0.494 e. The van der Waals surface area contributed by atoms with E-state index in [-0.39, 0.29) is 5.69 Å². The maximum atomic E-state index is 12.0. The van der Waals surface area contributed by atoms with Gasteiger partial charge in [-0.25, -0.2) is 4.79 Å². The molecule has 0 amide bonds. The fourth-order valence-corrected chi connectivity index (χ4v) is 2.63. The maximum Gasteiger partial charge on any atom is 0.326 e. The number of nitrogens with zero attached hydrogens (tertiary/aromatic N) is 1. The van der Waals surface area contributed by atoms with Gasteiger partial charge in [-0.3, -0.25) is 4.57 Å². The van der Waals surface area contributed by atoms with Gasteiger partial charge in [0.25, 0.3) is 0 Å². The molecular weight excluding hydrogens is 230 g/mol. The van der Waals surface area contributed by atoms with Crippen molar-refractivity contribution >= 4 is 11.0 Å². The number of ether oxygens (including phenoxy) is 1. The Morgan fingerprint density at radius 1 is 1.50 bits per heavy atom. The average molecular weight is 247 g/mol. The summed E-state index contributed by atoms with van der Waals surface area (Å²) in [6.07, 6.45) is 1.13. The second-order valence-corrected chi connectivity index (χ2v) is 4.75. The number of aromatic nitrogens is 2. The Morgan fingerprint density at radius 2 is 2.39 bits per heavy atom. The number of H-pyrrole nitrogens is 1. The minimum atomic E-state index is -0.0543. The van der Waals surface area contributed by atoms with Crippen molar-refractivity contribution < 1.29 is 4.74 Å². The quantitative estimate of drug-likeness (QED) is 0.849. The third-order valence-electron chi connectivity index (χ3n) is 3.60. The summed E-state index contributed by atoms with van der Waals surface area (Å²) >= 11 is 0. The molecule has 3 rings (SSSR count). The highest BCUT2D eigenvalue weighted by molar-refractivity contribution is 5.81. The zero-order chi connectivity index (χ0) is 12.5. The molecule has 2 aromatic rings. The number of rotatable bonds is 3. The van der Waals surface area contributed by atoms with Crippen molar-refractivity contribution in [2.75, 3.05) is 20.2 Å². The summed E-state index contributed by atoms with van der Waals surface area (Å²) in [7, 11) is 1.62. The van der Waals surface area contributed by atoms with Crippen LogP contribution in [0.2, 0.25) is 0 Å². The SMILES string of the molecule is COc1cccc2c1[nH]c(=O)n2CC1CCNC1. The van der Waals surface area contributed by atoms with Crippen molar-refractivity contribution in [3.8, 4) is 5.75 Å². The van der Waals surface area contributed by atoms with Gasteiger partial charge >= 0.3 is 5.69 Å². The lowest BCUT2D eigenvalue weighted by Crippen LogP contribution is -2.22. The standard InChI is InChI=1S/C13H17N3O2/c1-18-11-4-2-3-10-12(11)15-13(17)16(10)8-9-5-6-14-7-9/h2-4,9,14H,5-8H2,1H3,(H,15,17). The molecule has 18 heavy (non-hydrogen) atoms. The third kappa shape index (κ3) is 1.80. The molecule has 5 heteroatoms. The molecule has 2 N–H and O–H groups in total. The lowest BCUT2D eigenvalue weighted by atomic mass is 10.1. The van der Waals surface area contributed by atoms with Gasteiger partial charge in [0.1, 0.15) is 11.3 Å². The molecular formula is C13H17N3O2. The van der Waals surface area contributed by atoms with E-state index in [1.807, 2.05) is 22.8 Å². The van der Waals surface area contributed by atoms with E-state index in [0.29, 0.717) is 11.7 Å². The van der Waals surface area contributed by atoms with Crippen LogP contribution in [0.4, 0.5) is 0 Å². The van der Waals surface area contributed by atoms with Crippen LogP contribution in [0.3, 0.4) is 0 Å². The second-order valence-electron chi connectivity index (χ2n) is 4.75. The number of imidazole rings is 1. The first kappa shape index (κ1) is 11.3. The van der Waals surface area contributed by atoms with Crippen molar-refractivity contribution in [2.45, 2.75) is 13.0 Å². The Balaban J connectivity index is 2.05. The van der Waals surface area contributed by atoms with Crippen LogP contribution < -0.4 is 15.7 Å². The first-order valence-corrected chi connectivity index (χ1v) is 6.26. The van der Waals surface area contributed by atoms with Crippen molar-refractivity contribution in [3.05, 3.63) is 28.7 Å². The number of para-hydroxylation sites is 1. The summed E-state index contributed by atoms with van der Waals surface area (Å²) in [6.45, 7) is 2.80. The molecule has 1 atom stereocenters. The van der Waals surface area contributed by atoms with Crippen LogP contribution in [0.25, 0.3) is 11.0 Å². The van der Waals surface area contributed by atoms with E-state index in [1.54, 1.807) is 7.11 Å². The highest BCUT2D eigenvalue weighted by atomic mass is 16.5. The molecule has 1 unspecified atom stereocenters. The van der Waals surface area contributed by atoms with Gasteiger partial charge in [-0.1, -0.05) is 6.07 Å². The Labute approximate surface area is 105 Å². The summed E-state index contributed by atoms with van der Waals surface area (Å²) < 4.78 is 7.08. The lowest BCUT2D eigenvalue weighted by Gasteiger charge is -2.09. The largest absolute Gasteiger partial charge is 0.494 e. The van der Waals surface area contributed by atoms with Crippen molar-refractivity contribution in [3.63, 3.8) is 0 Å². The van der Waals surface area contributed by atoms with Gasteiger partial charge in [-0.15, -0.1) is 0 Å². The molecule has 5 nitrogen and oxygen atoms in total. The number of methoxy groups -OCH3 is 1. The molecule has 1 aromatic carbocycles. The van der Waals surface area contributed by atoms with Gasteiger partial charge in [-0.2, -0.15) is 0 Å². The molecule has 2 heterocycles. The number of benzene rings is 1. The fraction of sp³-hybridized carbons (Fsp3) is 0.462. The molecule has 0 bridgehead atoms. The summed E-state index contributed by atoms with van der Waals surface area (Å²) in [5.74, 6) is 1.25. The first-order valence-electron chi connectivity index (χ1n) is 6.26. The first-order chi connectivity index (χ1) is 8.79. The number of aromatic amines is 1. The second kappa shape index (κ2) is 4.49. The third-order valence-corrected chi connectivity index (χ3v) is 3.60. The number of hydrogen-bond acceptors (Lipinski definition) is 3. The van der Waals surface area contributed by atoms with E-state index < -0.39 is 0 Å². The minimum absolute atomic E-state index is 0.0543. The average Bonchev–Trinajstić information content (AvgIpc) is 2.99. The van der Waals surface area contributed by atoms with Crippen LogP contribution in [0.15, 0.2) is 23.0 Å². The molecule has 0 saturated carbocycles. The van der Waals surface area contributed by atoms with E-state index in [9.17, 15) is 4.79 Å². The van der Waals surface area contributed by atoms with E-state index in [4.69, 9.17) is 4.74 Å². The van der Waals surface area contributed by atoms with Gasteiger partial charge in [0.2, 0.25) is 0 Å². The van der Waals surface area contributed by atoms with Crippen LogP contribution in [-0.2, 0) is 6.54 Å². The number of hydrogen-bond donors (Lipinski definition) is 2. The normalized spacial score (nSPS) is 19.5. The summed E-state index contributed by atoms with van der Waals surface area (Å²) in [6, 6.07) is 5.73. The molecule has 0 radical (unpaired) electrons. The van der Waals surface area contributed by atoms with Gasteiger partial charge in [0.05, 0.1) is 12.6 Å². The highest BCUT2D eigenvalue weighted by Crippen LogP contribution is 2.23.